The predicted octanol–water partition coefficient (Wildman–Crippen LogP) is 5.67. The van der Waals surface area contributed by atoms with Gasteiger partial charge in [-0.1, -0.05) is 39.7 Å². The summed E-state index contributed by atoms with van der Waals surface area (Å²) in [5.41, 5.74) is 2.10. The summed E-state index contributed by atoms with van der Waals surface area (Å²) >= 11 is 14.2. The van der Waals surface area contributed by atoms with Gasteiger partial charge in [-0.3, -0.25) is 14.2 Å². The Balaban J connectivity index is 1.42. The van der Waals surface area contributed by atoms with Crippen LogP contribution in [0.4, 0.5) is 5.82 Å². The highest BCUT2D eigenvalue weighted by Crippen LogP contribution is 2.23. The average molecular weight is 556 g/mol. The summed E-state index contributed by atoms with van der Waals surface area (Å²) in [4.78, 5) is 13.2. The zero-order valence-electron chi connectivity index (χ0n) is 14.8. The van der Waals surface area contributed by atoms with E-state index in [4.69, 9.17) is 11.6 Å². The summed E-state index contributed by atoms with van der Waals surface area (Å²) in [6.07, 6.45) is 5.18. The molecule has 3 heterocycles. The Hall–Kier alpha value is -1.94. The predicted molar refractivity (Wildman–Crippen MR) is 122 cm³/mol. The number of aromatic nitrogens is 4. The molecule has 0 spiro atoms. The topological polar surface area (TPSA) is 64.7 Å². The lowest BCUT2D eigenvalue weighted by Crippen LogP contribution is -2.12. The van der Waals surface area contributed by atoms with Crippen LogP contribution in [0, 0.1) is 0 Å². The van der Waals surface area contributed by atoms with Gasteiger partial charge in [0.25, 0.3) is 5.91 Å². The zero-order chi connectivity index (χ0) is 20.4. The molecule has 1 amide bonds. The summed E-state index contributed by atoms with van der Waals surface area (Å²) in [5, 5.41) is 14.0. The van der Waals surface area contributed by atoms with Crippen LogP contribution in [0.25, 0.3) is 0 Å². The molecule has 148 valence electrons. The summed E-state index contributed by atoms with van der Waals surface area (Å²) in [6, 6.07) is 9.88. The van der Waals surface area contributed by atoms with Crippen molar-refractivity contribution < 1.29 is 4.79 Å². The van der Waals surface area contributed by atoms with E-state index in [1.165, 1.54) is 11.3 Å². The largest absolute Gasteiger partial charge is 0.303 e. The van der Waals surface area contributed by atoms with Crippen LogP contribution in [0.2, 0.25) is 5.02 Å². The first-order valence-corrected chi connectivity index (χ1v) is 11.3. The molecular formula is C19H14Br2ClN5OS. The van der Waals surface area contributed by atoms with Crippen LogP contribution in [-0.4, -0.2) is 25.5 Å². The van der Waals surface area contributed by atoms with E-state index in [1.54, 1.807) is 21.8 Å². The van der Waals surface area contributed by atoms with Gasteiger partial charge in [0.2, 0.25) is 0 Å². The Morgan fingerprint density at radius 2 is 1.86 bits per heavy atom. The van der Waals surface area contributed by atoms with Crippen molar-refractivity contribution in [3.8, 4) is 0 Å². The number of thiophene rings is 1. The van der Waals surface area contributed by atoms with Crippen LogP contribution in [0.1, 0.15) is 20.8 Å². The van der Waals surface area contributed by atoms with Crippen LogP contribution < -0.4 is 5.32 Å². The number of anilines is 1. The number of carbonyl (C=O) groups excluding carboxylic acids is 1. The van der Waals surface area contributed by atoms with Crippen molar-refractivity contribution in [3.05, 3.63) is 84.3 Å². The highest BCUT2D eigenvalue weighted by Gasteiger charge is 2.14. The minimum Gasteiger partial charge on any atom is -0.303 e. The summed E-state index contributed by atoms with van der Waals surface area (Å²) in [6.45, 7) is 1.17. The third kappa shape index (κ3) is 5.16. The van der Waals surface area contributed by atoms with Gasteiger partial charge in [-0.2, -0.15) is 10.2 Å². The molecule has 1 aromatic carbocycles. The van der Waals surface area contributed by atoms with Crippen LogP contribution in [-0.2, 0) is 13.1 Å². The van der Waals surface area contributed by atoms with E-state index in [2.05, 4.69) is 47.4 Å². The zero-order valence-corrected chi connectivity index (χ0v) is 19.6. The van der Waals surface area contributed by atoms with Gasteiger partial charge >= 0.3 is 0 Å². The minimum absolute atomic E-state index is 0.200. The highest BCUT2D eigenvalue weighted by molar-refractivity contribution is 9.10. The molecule has 0 saturated carbocycles. The molecule has 0 saturated heterocycles. The third-order valence-corrected chi connectivity index (χ3v) is 6.31. The maximum absolute atomic E-state index is 12.6. The van der Waals surface area contributed by atoms with E-state index in [1.807, 2.05) is 41.9 Å². The van der Waals surface area contributed by atoms with Crippen molar-refractivity contribution in [1.29, 1.82) is 0 Å². The summed E-state index contributed by atoms with van der Waals surface area (Å²) in [7, 11) is 0. The van der Waals surface area contributed by atoms with Crippen molar-refractivity contribution >= 4 is 66.5 Å². The SMILES string of the molecule is O=C(Nc1nn(Cc2ccc(Br)cc2)cc1Br)c1cc(Cn2cc(Cl)cn2)cs1. The molecule has 0 fully saturated rings. The summed E-state index contributed by atoms with van der Waals surface area (Å²) < 4.78 is 5.27. The number of nitrogens with one attached hydrogen (secondary N) is 1. The molecule has 6 nitrogen and oxygen atoms in total. The fourth-order valence-electron chi connectivity index (χ4n) is 2.70. The van der Waals surface area contributed by atoms with Gasteiger partial charge in [0, 0.05) is 16.9 Å². The van der Waals surface area contributed by atoms with Gasteiger partial charge in [-0.25, -0.2) is 0 Å². The highest BCUT2D eigenvalue weighted by atomic mass is 79.9. The van der Waals surface area contributed by atoms with E-state index in [0.717, 1.165) is 20.1 Å². The van der Waals surface area contributed by atoms with Crippen molar-refractivity contribution in [2.75, 3.05) is 5.32 Å². The van der Waals surface area contributed by atoms with Gasteiger partial charge in [-0.05, 0) is 50.6 Å². The number of amides is 1. The van der Waals surface area contributed by atoms with Crippen LogP contribution >= 0.6 is 54.8 Å². The lowest BCUT2D eigenvalue weighted by Gasteiger charge is -2.02. The standard InChI is InChI=1S/C19H14Br2ClN5OS/c20-14-3-1-12(2-4-14)7-27-10-16(21)18(25-27)24-19(28)17-5-13(11-29-17)8-26-9-15(22)6-23-26/h1-6,9-11H,7-8H2,(H,24,25,28). The van der Waals surface area contributed by atoms with Gasteiger partial charge in [0.05, 0.1) is 33.7 Å². The maximum atomic E-state index is 12.6. The average Bonchev–Trinajstić information content (AvgIpc) is 3.39. The van der Waals surface area contributed by atoms with Crippen molar-refractivity contribution in [2.45, 2.75) is 13.1 Å². The molecule has 0 unspecified atom stereocenters. The molecule has 0 aliphatic heterocycles. The number of nitrogens with zero attached hydrogens (tertiary/aromatic N) is 4. The van der Waals surface area contributed by atoms with E-state index in [-0.39, 0.29) is 5.91 Å². The second-order valence-corrected chi connectivity index (χ2v) is 9.40. The molecule has 0 bridgehead atoms. The van der Waals surface area contributed by atoms with Crippen LogP contribution in [0.15, 0.2) is 63.2 Å². The normalized spacial score (nSPS) is 11.0. The fraction of sp³-hybridized carbons (Fsp3) is 0.105. The molecule has 4 aromatic rings. The summed E-state index contributed by atoms with van der Waals surface area (Å²) in [5.74, 6) is 0.287. The van der Waals surface area contributed by atoms with Crippen LogP contribution in [0.3, 0.4) is 0 Å². The van der Waals surface area contributed by atoms with Gasteiger partial charge < -0.3 is 5.32 Å². The maximum Gasteiger partial charge on any atom is 0.266 e. The fourth-order valence-corrected chi connectivity index (χ4v) is 4.33. The Morgan fingerprint density at radius 1 is 1.10 bits per heavy atom. The minimum atomic E-state index is -0.200. The van der Waals surface area contributed by atoms with Crippen LogP contribution in [0.5, 0.6) is 0 Å². The lowest BCUT2D eigenvalue weighted by atomic mass is 10.2. The number of rotatable bonds is 6. The van der Waals surface area contributed by atoms with Crippen molar-refractivity contribution in [3.63, 3.8) is 0 Å². The van der Waals surface area contributed by atoms with Gasteiger partial charge in [0.15, 0.2) is 5.82 Å². The molecule has 10 heteroatoms. The Bertz CT molecular complexity index is 1150. The smallest absolute Gasteiger partial charge is 0.266 e. The first kappa shape index (κ1) is 20.3. The second-order valence-electron chi connectivity index (χ2n) is 6.28. The van der Waals surface area contributed by atoms with E-state index >= 15 is 0 Å². The number of hydrogen-bond acceptors (Lipinski definition) is 4. The molecule has 4 rings (SSSR count). The van der Waals surface area contributed by atoms with E-state index < -0.39 is 0 Å². The monoisotopic (exact) mass is 553 g/mol. The van der Waals surface area contributed by atoms with Gasteiger partial charge in [-0.15, -0.1) is 11.3 Å². The van der Waals surface area contributed by atoms with E-state index in [0.29, 0.717) is 28.8 Å². The molecule has 1 N–H and O–H groups in total. The first-order chi connectivity index (χ1) is 14.0. The number of halogens is 3. The first-order valence-electron chi connectivity index (χ1n) is 8.50. The molecule has 0 atom stereocenters. The quantitative estimate of drug-likeness (QED) is 0.334. The van der Waals surface area contributed by atoms with E-state index in [9.17, 15) is 4.79 Å². The number of hydrogen-bond donors (Lipinski definition) is 1. The molecule has 0 aliphatic rings. The lowest BCUT2D eigenvalue weighted by molar-refractivity contribution is 0.103. The third-order valence-electron chi connectivity index (χ3n) is 4.03. The Kier molecular flexibility index (Phi) is 6.19. The second kappa shape index (κ2) is 8.83. The van der Waals surface area contributed by atoms with Crippen molar-refractivity contribution in [1.82, 2.24) is 19.6 Å². The molecule has 3 aromatic heterocycles. The Labute approximate surface area is 192 Å². The molecule has 0 radical (unpaired) electrons. The molecular weight excluding hydrogens is 542 g/mol. The molecule has 29 heavy (non-hydrogen) atoms. The Morgan fingerprint density at radius 3 is 2.59 bits per heavy atom. The number of benzene rings is 1. The number of carbonyl (C=O) groups is 1. The molecule has 0 aliphatic carbocycles. The van der Waals surface area contributed by atoms with Gasteiger partial charge in [0.1, 0.15) is 0 Å². The van der Waals surface area contributed by atoms with Crippen molar-refractivity contribution in [2.24, 2.45) is 0 Å².